The van der Waals surface area contributed by atoms with Crippen molar-refractivity contribution in [3.8, 4) is 0 Å². The summed E-state index contributed by atoms with van der Waals surface area (Å²) >= 11 is 0. The molecule has 0 aliphatic carbocycles. The smallest absolute Gasteiger partial charge is 0.254 e. The van der Waals surface area contributed by atoms with Gasteiger partial charge >= 0.3 is 0 Å². The first-order chi connectivity index (χ1) is 14.1. The predicted molar refractivity (Wildman–Crippen MR) is 108 cm³/mol. The van der Waals surface area contributed by atoms with Crippen LogP contribution in [0.15, 0.2) is 54.9 Å². The molecule has 1 saturated heterocycles. The van der Waals surface area contributed by atoms with E-state index in [0.717, 1.165) is 5.56 Å². The molecule has 0 unspecified atom stereocenters. The van der Waals surface area contributed by atoms with Crippen molar-refractivity contribution in [3.63, 3.8) is 0 Å². The van der Waals surface area contributed by atoms with Gasteiger partial charge in [-0.05, 0) is 17.7 Å². The number of hydrogen-bond donors (Lipinski definition) is 1. The molecule has 2 aromatic rings. The molecule has 0 spiro atoms. The number of aliphatic hydroxyl groups excluding tert-OH is 1. The first kappa shape index (κ1) is 21.0. The Kier molecular flexibility index (Phi) is 6.95. The molecule has 1 aliphatic rings. The van der Waals surface area contributed by atoms with Gasteiger partial charge in [0.25, 0.3) is 5.91 Å². The van der Waals surface area contributed by atoms with Crippen LogP contribution in [0.1, 0.15) is 28.8 Å². The van der Waals surface area contributed by atoms with Crippen molar-refractivity contribution >= 4 is 11.8 Å². The van der Waals surface area contributed by atoms with Crippen LogP contribution in [0.3, 0.4) is 0 Å². The highest BCUT2D eigenvalue weighted by atomic mass is 16.5. The van der Waals surface area contributed by atoms with Crippen molar-refractivity contribution in [3.05, 3.63) is 66.0 Å². The normalized spacial score (nSPS) is 20.8. The highest BCUT2D eigenvalue weighted by Gasteiger charge is 2.50. The summed E-state index contributed by atoms with van der Waals surface area (Å²) in [6, 6.07) is 12.7. The van der Waals surface area contributed by atoms with Crippen LogP contribution in [0.4, 0.5) is 0 Å². The molecule has 7 heteroatoms. The maximum absolute atomic E-state index is 13.1. The Morgan fingerprint density at radius 2 is 1.83 bits per heavy atom. The second-order valence-electron chi connectivity index (χ2n) is 7.16. The lowest BCUT2D eigenvalue weighted by Crippen LogP contribution is -2.68. The van der Waals surface area contributed by atoms with E-state index < -0.39 is 0 Å². The number of ether oxygens (including phenoxy) is 1. The highest BCUT2D eigenvalue weighted by Crippen LogP contribution is 2.41. The van der Waals surface area contributed by atoms with Crippen LogP contribution in [0, 0.1) is 0 Å². The summed E-state index contributed by atoms with van der Waals surface area (Å²) in [6.07, 6.45) is 3.17. The molecule has 154 valence electrons. The monoisotopic (exact) mass is 397 g/mol. The third kappa shape index (κ3) is 4.46. The zero-order valence-corrected chi connectivity index (χ0v) is 16.8. The lowest BCUT2D eigenvalue weighted by Gasteiger charge is -2.55. The van der Waals surface area contributed by atoms with Crippen LogP contribution in [0.2, 0.25) is 0 Å². The number of aliphatic hydroxyl groups is 1. The van der Waals surface area contributed by atoms with Gasteiger partial charge in [-0.1, -0.05) is 30.3 Å². The molecule has 2 heterocycles. The number of pyridine rings is 1. The summed E-state index contributed by atoms with van der Waals surface area (Å²) in [4.78, 5) is 32.8. The molecule has 0 radical (unpaired) electrons. The van der Waals surface area contributed by atoms with Crippen LogP contribution in [-0.4, -0.2) is 77.2 Å². The number of likely N-dealkylation sites (tertiary alicyclic amines) is 1. The Morgan fingerprint density at radius 1 is 1.14 bits per heavy atom. The number of hydrogen-bond acceptors (Lipinski definition) is 5. The molecule has 3 rings (SSSR count). The Morgan fingerprint density at radius 3 is 2.41 bits per heavy atom. The number of carbonyl (C=O) groups is 2. The Hall–Kier alpha value is -2.77. The quantitative estimate of drug-likeness (QED) is 0.731. The SMILES string of the molecule is COCCN(C[C@@H]1[C@@H](c2ccccc2)[C@H](CO)N1C(C)=O)C(=O)c1ccncc1. The average molecular weight is 397 g/mol. The number of rotatable bonds is 8. The van der Waals surface area contributed by atoms with E-state index in [0.29, 0.717) is 25.3 Å². The van der Waals surface area contributed by atoms with E-state index in [4.69, 9.17) is 4.74 Å². The first-order valence-corrected chi connectivity index (χ1v) is 9.71. The van der Waals surface area contributed by atoms with Crippen LogP contribution < -0.4 is 0 Å². The van der Waals surface area contributed by atoms with E-state index in [-0.39, 0.29) is 36.4 Å². The molecule has 1 aromatic heterocycles. The van der Waals surface area contributed by atoms with Crippen molar-refractivity contribution in [2.24, 2.45) is 0 Å². The number of carbonyl (C=O) groups excluding carboxylic acids is 2. The summed E-state index contributed by atoms with van der Waals surface area (Å²) in [6.45, 7) is 2.54. The van der Waals surface area contributed by atoms with Crippen LogP contribution >= 0.6 is 0 Å². The maximum atomic E-state index is 13.1. The summed E-state index contributed by atoms with van der Waals surface area (Å²) in [5.41, 5.74) is 1.59. The molecular formula is C22H27N3O4. The largest absolute Gasteiger partial charge is 0.394 e. The van der Waals surface area contributed by atoms with Gasteiger partial charge in [-0.25, -0.2) is 0 Å². The number of methoxy groups -OCH3 is 1. The summed E-state index contributed by atoms with van der Waals surface area (Å²) < 4.78 is 5.19. The molecular weight excluding hydrogens is 370 g/mol. The summed E-state index contributed by atoms with van der Waals surface area (Å²) in [7, 11) is 1.59. The van der Waals surface area contributed by atoms with Crippen LogP contribution in [0.25, 0.3) is 0 Å². The number of benzene rings is 1. The van der Waals surface area contributed by atoms with E-state index in [2.05, 4.69) is 4.98 Å². The predicted octanol–water partition coefficient (Wildman–Crippen LogP) is 1.55. The molecule has 2 amide bonds. The molecule has 3 atom stereocenters. The summed E-state index contributed by atoms with van der Waals surface area (Å²) in [5.74, 6) is -0.281. The highest BCUT2D eigenvalue weighted by molar-refractivity contribution is 5.94. The molecule has 0 saturated carbocycles. The van der Waals surface area contributed by atoms with Gasteiger partial charge in [-0.2, -0.15) is 0 Å². The molecule has 1 fully saturated rings. The molecule has 1 aromatic carbocycles. The van der Waals surface area contributed by atoms with E-state index in [1.165, 1.54) is 6.92 Å². The fraction of sp³-hybridized carbons (Fsp3) is 0.409. The van der Waals surface area contributed by atoms with Gasteiger partial charge in [0, 0.05) is 51.0 Å². The lowest BCUT2D eigenvalue weighted by atomic mass is 9.74. The van der Waals surface area contributed by atoms with Gasteiger partial charge < -0.3 is 19.6 Å². The molecule has 1 aliphatic heterocycles. The van der Waals surface area contributed by atoms with Gasteiger partial charge in [0.1, 0.15) is 0 Å². The van der Waals surface area contributed by atoms with Gasteiger partial charge in [0.05, 0.1) is 25.3 Å². The number of nitrogens with zero attached hydrogens (tertiary/aromatic N) is 3. The van der Waals surface area contributed by atoms with Gasteiger partial charge in [-0.15, -0.1) is 0 Å². The van der Waals surface area contributed by atoms with Crippen molar-refractivity contribution in [1.82, 2.24) is 14.8 Å². The van der Waals surface area contributed by atoms with Crippen molar-refractivity contribution in [2.75, 3.05) is 33.4 Å². The van der Waals surface area contributed by atoms with Crippen molar-refractivity contribution < 1.29 is 19.4 Å². The number of aromatic nitrogens is 1. The fourth-order valence-corrected chi connectivity index (χ4v) is 4.12. The van der Waals surface area contributed by atoms with Gasteiger partial charge in [0.2, 0.25) is 5.91 Å². The standard InChI is InChI=1S/C22H27N3O4/c1-16(27)25-19(21(20(25)15-26)17-6-4-3-5-7-17)14-24(12-13-29-2)22(28)18-8-10-23-11-9-18/h3-11,19-21,26H,12-15H2,1-2H3/t19-,20+,21-/m1/s1. The van der Waals surface area contributed by atoms with Crippen LogP contribution in [-0.2, 0) is 9.53 Å². The zero-order valence-electron chi connectivity index (χ0n) is 16.8. The molecule has 1 N–H and O–H groups in total. The van der Waals surface area contributed by atoms with Crippen LogP contribution in [0.5, 0.6) is 0 Å². The van der Waals surface area contributed by atoms with Gasteiger partial charge in [-0.3, -0.25) is 14.6 Å². The van der Waals surface area contributed by atoms with Crippen molar-refractivity contribution in [2.45, 2.75) is 24.9 Å². The van der Waals surface area contributed by atoms with E-state index in [1.807, 2.05) is 30.3 Å². The summed E-state index contributed by atoms with van der Waals surface area (Å²) in [5, 5.41) is 9.92. The number of amides is 2. The topological polar surface area (TPSA) is 83.0 Å². The fourth-order valence-electron chi connectivity index (χ4n) is 4.12. The minimum atomic E-state index is -0.291. The van der Waals surface area contributed by atoms with E-state index >= 15 is 0 Å². The Bertz CT molecular complexity index is 815. The first-order valence-electron chi connectivity index (χ1n) is 9.71. The third-order valence-electron chi connectivity index (χ3n) is 5.47. The minimum absolute atomic E-state index is 0.0413. The lowest BCUT2D eigenvalue weighted by molar-refractivity contribution is -0.149. The molecule has 7 nitrogen and oxygen atoms in total. The molecule has 0 bridgehead atoms. The zero-order chi connectivity index (χ0) is 20.8. The van der Waals surface area contributed by atoms with Crippen molar-refractivity contribution in [1.29, 1.82) is 0 Å². The Balaban J connectivity index is 1.88. The third-order valence-corrected chi connectivity index (χ3v) is 5.47. The minimum Gasteiger partial charge on any atom is -0.394 e. The second-order valence-corrected chi connectivity index (χ2v) is 7.16. The van der Waals surface area contributed by atoms with E-state index in [1.54, 1.807) is 41.4 Å². The maximum Gasteiger partial charge on any atom is 0.254 e. The molecule has 29 heavy (non-hydrogen) atoms. The second kappa shape index (κ2) is 9.62. The van der Waals surface area contributed by atoms with E-state index in [9.17, 15) is 14.7 Å². The Labute approximate surface area is 170 Å². The van der Waals surface area contributed by atoms with Gasteiger partial charge in [0.15, 0.2) is 0 Å². The average Bonchev–Trinajstić information content (AvgIpc) is 2.73.